The molecule has 4 aliphatic carbocycles. The van der Waals surface area contributed by atoms with Crippen LogP contribution in [0, 0.1) is 46.3 Å². The van der Waals surface area contributed by atoms with E-state index in [0.29, 0.717) is 36.0 Å². The van der Waals surface area contributed by atoms with Crippen LogP contribution >= 0.6 is 0 Å². The summed E-state index contributed by atoms with van der Waals surface area (Å²) < 4.78 is 0. The number of fused-ring (bicyclic) bond motifs is 5. The second-order valence-electron chi connectivity index (χ2n) is 12.4. The average Bonchev–Trinajstić information content (AvgIpc) is 3.05. The van der Waals surface area contributed by atoms with E-state index in [1.165, 1.54) is 18.4 Å². The van der Waals surface area contributed by atoms with Crippen molar-refractivity contribution in [1.82, 2.24) is 0 Å². The van der Waals surface area contributed by atoms with Crippen LogP contribution in [-0.2, 0) is 4.79 Å². The number of carbonyl (C=O) groups is 1. The van der Waals surface area contributed by atoms with Gasteiger partial charge in [-0.3, -0.25) is 4.79 Å². The molecule has 31 heavy (non-hydrogen) atoms. The molecule has 0 aromatic rings. The Bertz CT molecular complexity index is 781. The number of aliphatic hydroxyl groups excluding tert-OH is 1. The molecular formula is C28H44O3. The Hall–Kier alpha value is -0.930. The quantitative estimate of drug-likeness (QED) is 0.564. The molecule has 0 bridgehead atoms. The minimum atomic E-state index is -1.40. The number of aliphatic hydroxyl groups is 2. The summed E-state index contributed by atoms with van der Waals surface area (Å²) >= 11 is 0. The van der Waals surface area contributed by atoms with Crippen LogP contribution in [0.25, 0.3) is 0 Å². The average molecular weight is 429 g/mol. The highest BCUT2D eigenvalue weighted by Gasteiger charge is 2.65. The molecule has 4 rings (SSSR count). The number of rotatable bonds is 4. The van der Waals surface area contributed by atoms with Gasteiger partial charge in [-0.1, -0.05) is 59.3 Å². The topological polar surface area (TPSA) is 57.5 Å². The van der Waals surface area contributed by atoms with E-state index in [0.717, 1.165) is 19.3 Å². The predicted octanol–water partition coefficient (Wildman–Crippen LogP) is 5.70. The first-order valence-corrected chi connectivity index (χ1v) is 12.8. The Balaban J connectivity index is 1.62. The lowest BCUT2D eigenvalue weighted by Crippen LogP contribution is -2.64. The first-order valence-electron chi connectivity index (χ1n) is 12.8. The molecule has 0 aromatic heterocycles. The van der Waals surface area contributed by atoms with Crippen LogP contribution in [0.4, 0.5) is 0 Å². The van der Waals surface area contributed by atoms with Crippen molar-refractivity contribution >= 4 is 5.78 Å². The molecule has 0 aromatic carbocycles. The van der Waals surface area contributed by atoms with Gasteiger partial charge in [0, 0.05) is 11.8 Å². The van der Waals surface area contributed by atoms with Gasteiger partial charge in [0.2, 0.25) is 0 Å². The lowest BCUT2D eigenvalue weighted by molar-refractivity contribution is -0.180. The van der Waals surface area contributed by atoms with Crippen molar-refractivity contribution in [2.45, 2.75) is 98.2 Å². The third-order valence-corrected chi connectivity index (χ3v) is 10.5. The third-order valence-electron chi connectivity index (χ3n) is 10.5. The molecule has 2 N–H and O–H groups in total. The zero-order valence-corrected chi connectivity index (χ0v) is 20.5. The number of hydrogen-bond donors (Lipinski definition) is 2. The van der Waals surface area contributed by atoms with Crippen LogP contribution in [0.5, 0.6) is 0 Å². The highest BCUT2D eigenvalue weighted by Crippen LogP contribution is 2.67. The summed E-state index contributed by atoms with van der Waals surface area (Å²) in [7, 11) is 0. The van der Waals surface area contributed by atoms with Crippen molar-refractivity contribution in [3.63, 3.8) is 0 Å². The van der Waals surface area contributed by atoms with E-state index < -0.39 is 17.1 Å². The SMILES string of the molecule is CC(C)C(C)C=CC(C)C1CCC2C3=CC(=O)[C@@]4(O)CC(O)CC[C@]4(C)C3CC[C@@]21C. The van der Waals surface area contributed by atoms with Gasteiger partial charge >= 0.3 is 0 Å². The van der Waals surface area contributed by atoms with Gasteiger partial charge < -0.3 is 10.2 Å². The van der Waals surface area contributed by atoms with Crippen LogP contribution in [0.1, 0.15) is 86.5 Å². The molecule has 0 saturated heterocycles. The first-order chi connectivity index (χ1) is 14.4. The zero-order valence-electron chi connectivity index (χ0n) is 20.5. The van der Waals surface area contributed by atoms with E-state index >= 15 is 0 Å². The number of carbonyl (C=O) groups excluding carboxylic acids is 1. The fourth-order valence-electron chi connectivity index (χ4n) is 7.96. The normalized spacial score (nSPS) is 47.0. The van der Waals surface area contributed by atoms with Crippen molar-refractivity contribution in [1.29, 1.82) is 0 Å². The number of allylic oxidation sites excluding steroid dienone is 3. The second-order valence-corrected chi connectivity index (χ2v) is 12.4. The molecule has 3 saturated carbocycles. The summed E-state index contributed by atoms with van der Waals surface area (Å²) in [6.45, 7) is 13.9. The molecular weight excluding hydrogens is 384 g/mol. The molecule has 6 unspecified atom stereocenters. The van der Waals surface area contributed by atoms with Crippen LogP contribution < -0.4 is 0 Å². The molecule has 9 atom stereocenters. The number of hydrogen-bond acceptors (Lipinski definition) is 3. The van der Waals surface area contributed by atoms with E-state index in [4.69, 9.17) is 0 Å². The van der Waals surface area contributed by atoms with Crippen molar-refractivity contribution in [3.8, 4) is 0 Å². The van der Waals surface area contributed by atoms with Crippen molar-refractivity contribution in [2.75, 3.05) is 0 Å². The fraction of sp³-hybridized carbons (Fsp3) is 0.821. The largest absolute Gasteiger partial charge is 0.393 e. The molecule has 0 amide bonds. The first kappa shape index (κ1) is 23.2. The highest BCUT2D eigenvalue weighted by molar-refractivity contribution is 5.99. The van der Waals surface area contributed by atoms with E-state index in [1.54, 1.807) is 0 Å². The molecule has 3 fully saturated rings. The summed E-state index contributed by atoms with van der Waals surface area (Å²) in [4.78, 5) is 13.3. The third kappa shape index (κ3) is 3.41. The van der Waals surface area contributed by atoms with Gasteiger partial charge in [-0.25, -0.2) is 0 Å². The van der Waals surface area contributed by atoms with E-state index in [9.17, 15) is 15.0 Å². The van der Waals surface area contributed by atoms with Gasteiger partial charge in [-0.15, -0.1) is 0 Å². The van der Waals surface area contributed by atoms with Gasteiger partial charge in [-0.2, -0.15) is 0 Å². The van der Waals surface area contributed by atoms with Gasteiger partial charge in [0.1, 0.15) is 5.60 Å². The Kier molecular flexibility index (Phi) is 5.87. The van der Waals surface area contributed by atoms with Gasteiger partial charge in [0.15, 0.2) is 5.78 Å². The summed E-state index contributed by atoms with van der Waals surface area (Å²) in [5.41, 5.74) is -0.275. The zero-order chi connectivity index (χ0) is 22.8. The van der Waals surface area contributed by atoms with E-state index in [2.05, 4.69) is 53.7 Å². The molecule has 0 heterocycles. The maximum atomic E-state index is 13.3. The minimum absolute atomic E-state index is 0.147. The molecule has 0 aliphatic heterocycles. The van der Waals surface area contributed by atoms with Crippen molar-refractivity contribution in [3.05, 3.63) is 23.8 Å². The Morgan fingerprint density at radius 3 is 2.39 bits per heavy atom. The summed E-state index contributed by atoms with van der Waals surface area (Å²) in [5.74, 6) is 3.03. The number of ketones is 1. The maximum absolute atomic E-state index is 13.3. The predicted molar refractivity (Wildman–Crippen MR) is 125 cm³/mol. The summed E-state index contributed by atoms with van der Waals surface area (Å²) in [6, 6.07) is 0. The van der Waals surface area contributed by atoms with E-state index in [-0.39, 0.29) is 23.5 Å². The molecule has 0 spiro atoms. The maximum Gasteiger partial charge on any atom is 0.187 e. The molecule has 0 radical (unpaired) electrons. The lowest BCUT2D eigenvalue weighted by Gasteiger charge is -2.59. The van der Waals surface area contributed by atoms with E-state index in [1.807, 2.05) is 6.08 Å². The molecule has 4 aliphatic rings. The van der Waals surface area contributed by atoms with Crippen molar-refractivity contribution in [2.24, 2.45) is 46.3 Å². The highest BCUT2D eigenvalue weighted by atomic mass is 16.3. The van der Waals surface area contributed by atoms with Crippen molar-refractivity contribution < 1.29 is 15.0 Å². The van der Waals surface area contributed by atoms with Gasteiger partial charge in [0.25, 0.3) is 0 Å². The Morgan fingerprint density at radius 2 is 1.71 bits per heavy atom. The Labute approximate surface area is 189 Å². The Morgan fingerprint density at radius 1 is 1.00 bits per heavy atom. The molecule has 174 valence electrons. The van der Waals surface area contributed by atoms with Crippen LogP contribution in [0.2, 0.25) is 0 Å². The minimum Gasteiger partial charge on any atom is -0.393 e. The van der Waals surface area contributed by atoms with Gasteiger partial charge in [-0.05, 0) is 85.5 Å². The summed E-state index contributed by atoms with van der Waals surface area (Å²) in [6.07, 6.45) is 12.4. The summed E-state index contributed by atoms with van der Waals surface area (Å²) in [5, 5.41) is 21.7. The van der Waals surface area contributed by atoms with Crippen LogP contribution in [0.15, 0.2) is 23.8 Å². The van der Waals surface area contributed by atoms with Gasteiger partial charge in [0.05, 0.1) is 6.10 Å². The smallest absolute Gasteiger partial charge is 0.187 e. The lowest BCUT2D eigenvalue weighted by atomic mass is 9.46. The monoisotopic (exact) mass is 428 g/mol. The van der Waals surface area contributed by atoms with Crippen LogP contribution in [0.3, 0.4) is 0 Å². The fourth-order valence-corrected chi connectivity index (χ4v) is 7.96. The van der Waals surface area contributed by atoms with Crippen LogP contribution in [-0.4, -0.2) is 27.7 Å². The molecule has 3 heteroatoms. The standard InChI is InChI=1S/C28H44O3/c1-17(2)18(3)7-8-19(4)22-9-10-23-21-15-25(30)28(31)16-20(29)11-14-27(28,6)24(21)12-13-26(22,23)5/h7-8,15,17-20,22-24,29,31H,9-14,16H2,1-6H3/t18?,19?,20?,22?,23?,24?,26-,27-,28+/m1/s1. The second kappa shape index (κ2) is 7.83. The molecule has 3 nitrogen and oxygen atoms in total.